The molecule has 1 fully saturated rings. The van der Waals surface area contributed by atoms with Crippen LogP contribution >= 0.6 is 11.3 Å². The predicted molar refractivity (Wildman–Crippen MR) is 89.1 cm³/mol. The zero-order valence-corrected chi connectivity index (χ0v) is 13.6. The van der Waals surface area contributed by atoms with Crippen molar-refractivity contribution in [2.75, 3.05) is 13.1 Å². The minimum Gasteiger partial charge on any atom is -0.420 e. The van der Waals surface area contributed by atoms with Gasteiger partial charge < -0.3 is 4.42 Å². The minimum atomic E-state index is 0.375. The van der Waals surface area contributed by atoms with Crippen molar-refractivity contribution in [2.24, 2.45) is 0 Å². The molecule has 0 spiro atoms. The van der Waals surface area contributed by atoms with E-state index in [1.54, 1.807) is 11.3 Å². The number of pyridine rings is 1. The van der Waals surface area contributed by atoms with Crippen molar-refractivity contribution in [3.05, 3.63) is 52.8 Å². The molecule has 118 valence electrons. The number of thiophene rings is 1. The van der Waals surface area contributed by atoms with Crippen molar-refractivity contribution in [2.45, 2.75) is 25.3 Å². The van der Waals surface area contributed by atoms with Crippen molar-refractivity contribution in [3.63, 3.8) is 0 Å². The Labute approximate surface area is 139 Å². The van der Waals surface area contributed by atoms with Crippen LogP contribution in [0.4, 0.5) is 0 Å². The van der Waals surface area contributed by atoms with Crippen LogP contribution in [0.3, 0.4) is 0 Å². The van der Waals surface area contributed by atoms with Gasteiger partial charge in [0.15, 0.2) is 0 Å². The second-order valence-corrected chi connectivity index (χ2v) is 6.65. The highest BCUT2D eigenvalue weighted by Crippen LogP contribution is 2.30. The minimum absolute atomic E-state index is 0.375. The lowest BCUT2D eigenvalue weighted by Crippen LogP contribution is -2.32. The number of hydrogen-bond acceptors (Lipinski definition) is 6. The fourth-order valence-electron chi connectivity index (χ4n) is 2.99. The Morgan fingerprint density at radius 1 is 1.22 bits per heavy atom. The first-order chi connectivity index (χ1) is 11.4. The first kappa shape index (κ1) is 14.5. The molecule has 4 heterocycles. The molecule has 3 aromatic heterocycles. The summed E-state index contributed by atoms with van der Waals surface area (Å²) in [5.41, 5.74) is 2.28. The Bertz CT molecular complexity index is 733. The maximum absolute atomic E-state index is 5.88. The average Bonchev–Trinajstić information content (AvgIpc) is 3.28. The maximum Gasteiger partial charge on any atom is 0.248 e. The molecule has 0 saturated carbocycles. The molecule has 23 heavy (non-hydrogen) atoms. The quantitative estimate of drug-likeness (QED) is 0.733. The van der Waals surface area contributed by atoms with Gasteiger partial charge >= 0.3 is 0 Å². The third-order valence-electron chi connectivity index (χ3n) is 4.27. The molecule has 0 aliphatic carbocycles. The van der Waals surface area contributed by atoms with E-state index in [0.717, 1.165) is 43.9 Å². The number of nitrogens with zero attached hydrogens (tertiary/aromatic N) is 4. The molecule has 4 rings (SSSR count). The van der Waals surface area contributed by atoms with Crippen molar-refractivity contribution in [1.82, 2.24) is 20.1 Å². The van der Waals surface area contributed by atoms with Crippen LogP contribution in [0, 0.1) is 0 Å². The number of piperidine rings is 1. The summed E-state index contributed by atoms with van der Waals surface area (Å²) in [7, 11) is 0. The van der Waals surface area contributed by atoms with E-state index in [4.69, 9.17) is 4.42 Å². The van der Waals surface area contributed by atoms with Crippen LogP contribution in [0.25, 0.3) is 11.5 Å². The molecular weight excluding hydrogens is 308 g/mol. The highest BCUT2D eigenvalue weighted by molar-refractivity contribution is 7.08. The summed E-state index contributed by atoms with van der Waals surface area (Å²) >= 11 is 1.64. The van der Waals surface area contributed by atoms with Gasteiger partial charge in [0.2, 0.25) is 11.8 Å². The molecule has 3 aromatic rings. The first-order valence-electron chi connectivity index (χ1n) is 7.86. The van der Waals surface area contributed by atoms with Gasteiger partial charge in [-0.3, -0.25) is 9.88 Å². The number of rotatable bonds is 4. The van der Waals surface area contributed by atoms with E-state index in [1.807, 2.05) is 35.3 Å². The standard InChI is InChI=1S/C17H18N4OS/c1-2-13(10-18-6-1)11-21-7-3-14(4-8-21)16-19-20-17(22-16)15-5-9-23-12-15/h1-2,5-6,9-10,12,14H,3-4,7-8,11H2. The summed E-state index contributed by atoms with van der Waals surface area (Å²) in [6, 6.07) is 6.13. The number of likely N-dealkylation sites (tertiary alicyclic amines) is 1. The van der Waals surface area contributed by atoms with Crippen LogP contribution in [-0.4, -0.2) is 33.2 Å². The number of aromatic nitrogens is 3. The molecule has 1 saturated heterocycles. The van der Waals surface area contributed by atoms with Crippen molar-refractivity contribution in [3.8, 4) is 11.5 Å². The topological polar surface area (TPSA) is 55.1 Å². The molecule has 0 unspecified atom stereocenters. The largest absolute Gasteiger partial charge is 0.420 e. The Morgan fingerprint density at radius 3 is 2.87 bits per heavy atom. The van der Waals surface area contributed by atoms with Gasteiger partial charge in [-0.2, -0.15) is 11.3 Å². The fourth-order valence-corrected chi connectivity index (χ4v) is 3.62. The second kappa shape index (κ2) is 6.60. The third-order valence-corrected chi connectivity index (χ3v) is 4.96. The molecule has 1 aliphatic heterocycles. The van der Waals surface area contributed by atoms with E-state index < -0.39 is 0 Å². The smallest absolute Gasteiger partial charge is 0.248 e. The summed E-state index contributed by atoms with van der Waals surface area (Å²) in [6.45, 7) is 3.07. The molecular formula is C17H18N4OS. The lowest BCUT2D eigenvalue weighted by atomic mass is 9.96. The molecule has 5 nitrogen and oxygen atoms in total. The van der Waals surface area contributed by atoms with E-state index in [9.17, 15) is 0 Å². The predicted octanol–water partition coefficient (Wildman–Crippen LogP) is 3.57. The van der Waals surface area contributed by atoms with Crippen LogP contribution in [-0.2, 0) is 6.54 Å². The highest BCUT2D eigenvalue weighted by Gasteiger charge is 2.25. The summed E-state index contributed by atoms with van der Waals surface area (Å²) in [5, 5.41) is 12.5. The van der Waals surface area contributed by atoms with Gasteiger partial charge in [-0.1, -0.05) is 6.07 Å². The monoisotopic (exact) mass is 326 g/mol. The van der Waals surface area contributed by atoms with Crippen molar-refractivity contribution >= 4 is 11.3 Å². The van der Waals surface area contributed by atoms with E-state index in [0.29, 0.717) is 11.8 Å². The van der Waals surface area contributed by atoms with Gasteiger partial charge in [0, 0.05) is 35.8 Å². The molecule has 0 aromatic carbocycles. The van der Waals surface area contributed by atoms with Gasteiger partial charge in [-0.25, -0.2) is 0 Å². The summed E-state index contributed by atoms with van der Waals surface area (Å²) in [6.07, 6.45) is 5.88. The SMILES string of the molecule is c1cncc(CN2CCC(c3nnc(-c4ccsc4)o3)CC2)c1. The van der Waals surface area contributed by atoms with Crippen LogP contribution in [0.2, 0.25) is 0 Å². The molecule has 0 bridgehead atoms. The van der Waals surface area contributed by atoms with Gasteiger partial charge in [-0.05, 0) is 49.0 Å². The van der Waals surface area contributed by atoms with Gasteiger partial charge in [0.1, 0.15) is 0 Å². The molecule has 0 radical (unpaired) electrons. The number of hydrogen-bond donors (Lipinski definition) is 0. The summed E-state index contributed by atoms with van der Waals surface area (Å²) < 4.78 is 5.88. The second-order valence-electron chi connectivity index (χ2n) is 5.87. The van der Waals surface area contributed by atoms with Gasteiger partial charge in [-0.15, -0.1) is 10.2 Å². The van der Waals surface area contributed by atoms with E-state index in [1.165, 1.54) is 5.56 Å². The molecule has 0 atom stereocenters. The average molecular weight is 326 g/mol. The van der Waals surface area contributed by atoms with Crippen molar-refractivity contribution in [1.29, 1.82) is 0 Å². The molecule has 1 aliphatic rings. The Hall–Kier alpha value is -2.05. The van der Waals surface area contributed by atoms with Gasteiger partial charge in [0.25, 0.3) is 0 Å². The molecule has 6 heteroatoms. The van der Waals surface area contributed by atoms with E-state index in [-0.39, 0.29) is 0 Å². The first-order valence-corrected chi connectivity index (χ1v) is 8.80. The normalized spacial score (nSPS) is 16.7. The zero-order chi connectivity index (χ0) is 15.5. The molecule has 0 N–H and O–H groups in total. The lowest BCUT2D eigenvalue weighted by Gasteiger charge is -2.30. The molecule has 0 amide bonds. The van der Waals surface area contributed by atoms with Crippen molar-refractivity contribution < 1.29 is 4.42 Å². The highest BCUT2D eigenvalue weighted by atomic mass is 32.1. The van der Waals surface area contributed by atoms with Crippen LogP contribution in [0.15, 0.2) is 45.8 Å². The Balaban J connectivity index is 1.36. The summed E-state index contributed by atoms with van der Waals surface area (Å²) in [5.74, 6) is 1.80. The third kappa shape index (κ3) is 3.33. The Morgan fingerprint density at radius 2 is 2.13 bits per heavy atom. The van der Waals surface area contributed by atoms with Crippen LogP contribution in [0.5, 0.6) is 0 Å². The zero-order valence-electron chi connectivity index (χ0n) is 12.8. The van der Waals surface area contributed by atoms with Crippen LogP contribution in [0.1, 0.15) is 30.2 Å². The Kier molecular flexibility index (Phi) is 4.17. The lowest BCUT2D eigenvalue weighted by molar-refractivity contribution is 0.193. The van der Waals surface area contributed by atoms with Gasteiger partial charge in [0.05, 0.1) is 0 Å². The van der Waals surface area contributed by atoms with Crippen LogP contribution < -0.4 is 0 Å². The fraction of sp³-hybridized carbons (Fsp3) is 0.353. The van der Waals surface area contributed by atoms with E-state index >= 15 is 0 Å². The van der Waals surface area contributed by atoms with E-state index in [2.05, 4.69) is 26.1 Å². The summed E-state index contributed by atoms with van der Waals surface area (Å²) in [4.78, 5) is 6.64. The maximum atomic E-state index is 5.88.